The minimum absolute atomic E-state index is 0.220. The van der Waals surface area contributed by atoms with Crippen LogP contribution in [0.3, 0.4) is 0 Å². The second-order valence-corrected chi connectivity index (χ2v) is 5.79. The van der Waals surface area contributed by atoms with Gasteiger partial charge in [-0.15, -0.1) is 11.3 Å². The fraction of sp³-hybridized carbons (Fsp3) is 0.267. The van der Waals surface area contributed by atoms with E-state index >= 15 is 0 Å². The van der Waals surface area contributed by atoms with Crippen LogP contribution < -0.4 is 5.32 Å². The molecule has 0 amide bonds. The van der Waals surface area contributed by atoms with E-state index < -0.39 is 0 Å². The summed E-state index contributed by atoms with van der Waals surface area (Å²) in [7, 11) is 0. The van der Waals surface area contributed by atoms with Gasteiger partial charge in [-0.25, -0.2) is 0 Å². The molecule has 0 radical (unpaired) electrons. The van der Waals surface area contributed by atoms with Gasteiger partial charge in [0, 0.05) is 9.75 Å². The van der Waals surface area contributed by atoms with Crippen LogP contribution in [0.1, 0.15) is 33.8 Å². The number of hydrogen-bond acceptors (Lipinski definition) is 3. The van der Waals surface area contributed by atoms with Crippen LogP contribution in [-0.2, 0) is 0 Å². The van der Waals surface area contributed by atoms with E-state index in [1.54, 1.807) is 11.3 Å². The molecule has 92 valence electrons. The second-order valence-electron chi connectivity index (χ2n) is 4.48. The lowest BCUT2D eigenvalue weighted by molar-refractivity contribution is 0.907. The van der Waals surface area contributed by atoms with E-state index in [0.717, 1.165) is 11.3 Å². The van der Waals surface area contributed by atoms with Crippen molar-refractivity contribution < 1.29 is 0 Å². The number of nitrogens with one attached hydrogen (secondary N) is 1. The van der Waals surface area contributed by atoms with Crippen molar-refractivity contribution in [2.45, 2.75) is 26.8 Å². The highest BCUT2D eigenvalue weighted by Gasteiger charge is 2.10. The van der Waals surface area contributed by atoms with Crippen molar-refractivity contribution in [1.29, 1.82) is 5.26 Å². The molecule has 2 rings (SSSR count). The number of rotatable bonds is 3. The van der Waals surface area contributed by atoms with Gasteiger partial charge in [0.2, 0.25) is 0 Å². The largest absolute Gasteiger partial charge is 0.377 e. The van der Waals surface area contributed by atoms with Crippen LogP contribution in [0.5, 0.6) is 0 Å². The zero-order valence-corrected chi connectivity index (χ0v) is 11.6. The highest BCUT2D eigenvalue weighted by Crippen LogP contribution is 2.27. The molecule has 1 aromatic carbocycles. The van der Waals surface area contributed by atoms with Gasteiger partial charge in [0.05, 0.1) is 17.3 Å². The Balaban J connectivity index is 2.24. The summed E-state index contributed by atoms with van der Waals surface area (Å²) in [6.07, 6.45) is 0. The van der Waals surface area contributed by atoms with Gasteiger partial charge in [-0.3, -0.25) is 0 Å². The molecule has 2 nitrogen and oxygen atoms in total. The Morgan fingerprint density at radius 2 is 2.00 bits per heavy atom. The van der Waals surface area contributed by atoms with Crippen LogP contribution >= 0.6 is 11.3 Å². The van der Waals surface area contributed by atoms with Crippen LogP contribution in [0.15, 0.2) is 30.3 Å². The normalized spacial score (nSPS) is 11.9. The molecule has 0 saturated carbocycles. The van der Waals surface area contributed by atoms with Crippen molar-refractivity contribution in [3.05, 3.63) is 51.2 Å². The maximum Gasteiger partial charge on any atom is 0.101 e. The van der Waals surface area contributed by atoms with Gasteiger partial charge in [-0.2, -0.15) is 5.26 Å². The Bertz CT molecular complexity index is 593. The molecule has 1 unspecified atom stereocenters. The van der Waals surface area contributed by atoms with E-state index in [4.69, 9.17) is 5.26 Å². The Kier molecular flexibility index (Phi) is 3.69. The summed E-state index contributed by atoms with van der Waals surface area (Å²) in [6.45, 7) is 6.26. The van der Waals surface area contributed by atoms with Gasteiger partial charge in [-0.05, 0) is 50.6 Å². The summed E-state index contributed by atoms with van der Waals surface area (Å²) >= 11 is 1.79. The molecule has 3 heteroatoms. The standard InChI is InChI=1S/C15H16N2S/c1-10-4-6-13(9-16)14(8-10)17-12(3)15-7-5-11(2)18-15/h4-8,12,17H,1-3H3. The maximum absolute atomic E-state index is 9.11. The molecular weight excluding hydrogens is 240 g/mol. The topological polar surface area (TPSA) is 35.8 Å². The number of anilines is 1. The Labute approximate surface area is 112 Å². The van der Waals surface area contributed by atoms with E-state index in [1.165, 1.54) is 9.75 Å². The number of hydrogen-bond donors (Lipinski definition) is 1. The average molecular weight is 256 g/mol. The molecule has 0 bridgehead atoms. The van der Waals surface area contributed by atoms with Gasteiger partial charge in [0.25, 0.3) is 0 Å². The summed E-state index contributed by atoms with van der Waals surface area (Å²) in [6, 6.07) is 12.6. The summed E-state index contributed by atoms with van der Waals surface area (Å²) in [5.41, 5.74) is 2.77. The van der Waals surface area contributed by atoms with E-state index in [0.29, 0.717) is 5.56 Å². The monoisotopic (exact) mass is 256 g/mol. The quantitative estimate of drug-likeness (QED) is 0.883. The third-order valence-corrected chi connectivity index (χ3v) is 4.04. The molecule has 0 saturated heterocycles. The third kappa shape index (κ3) is 2.72. The van der Waals surface area contributed by atoms with Gasteiger partial charge in [0.15, 0.2) is 0 Å². The number of benzene rings is 1. The van der Waals surface area contributed by atoms with Crippen molar-refractivity contribution in [3.63, 3.8) is 0 Å². The molecule has 0 fully saturated rings. The summed E-state index contributed by atoms with van der Waals surface area (Å²) in [5, 5.41) is 12.5. The van der Waals surface area contributed by atoms with Crippen LogP contribution in [0.4, 0.5) is 5.69 Å². The molecule has 1 atom stereocenters. The van der Waals surface area contributed by atoms with Crippen LogP contribution in [0.25, 0.3) is 0 Å². The minimum atomic E-state index is 0.220. The number of aryl methyl sites for hydroxylation is 2. The lowest BCUT2D eigenvalue weighted by Gasteiger charge is -2.15. The molecule has 1 N–H and O–H groups in total. The lowest BCUT2D eigenvalue weighted by Crippen LogP contribution is -2.06. The first-order valence-electron chi connectivity index (χ1n) is 5.94. The van der Waals surface area contributed by atoms with Gasteiger partial charge < -0.3 is 5.32 Å². The smallest absolute Gasteiger partial charge is 0.101 e. The SMILES string of the molecule is Cc1ccc(C#N)c(NC(C)c2ccc(C)s2)c1. The highest BCUT2D eigenvalue weighted by molar-refractivity contribution is 7.12. The number of nitrogens with zero attached hydrogens (tertiary/aromatic N) is 1. The predicted octanol–water partition coefficient (Wildman–Crippen LogP) is 4.41. The maximum atomic E-state index is 9.11. The molecule has 0 spiro atoms. The summed E-state index contributed by atoms with van der Waals surface area (Å²) in [4.78, 5) is 2.60. The first-order chi connectivity index (χ1) is 8.60. The molecule has 0 aliphatic carbocycles. The Morgan fingerprint density at radius 3 is 2.61 bits per heavy atom. The highest BCUT2D eigenvalue weighted by atomic mass is 32.1. The first kappa shape index (κ1) is 12.7. The fourth-order valence-corrected chi connectivity index (χ4v) is 2.75. The fourth-order valence-electron chi connectivity index (χ4n) is 1.87. The van der Waals surface area contributed by atoms with Crippen LogP contribution in [0, 0.1) is 25.2 Å². The molecule has 18 heavy (non-hydrogen) atoms. The van der Waals surface area contributed by atoms with E-state index in [2.05, 4.69) is 37.4 Å². The minimum Gasteiger partial charge on any atom is -0.377 e. The molecule has 2 aromatic rings. The number of nitriles is 1. The molecular formula is C15H16N2S. The summed E-state index contributed by atoms with van der Waals surface area (Å²) < 4.78 is 0. The van der Waals surface area contributed by atoms with Crippen molar-refractivity contribution in [3.8, 4) is 6.07 Å². The zero-order chi connectivity index (χ0) is 13.1. The first-order valence-corrected chi connectivity index (χ1v) is 6.75. The van der Waals surface area contributed by atoms with Gasteiger partial charge >= 0.3 is 0 Å². The lowest BCUT2D eigenvalue weighted by atomic mass is 10.1. The Morgan fingerprint density at radius 1 is 1.22 bits per heavy atom. The number of thiophene rings is 1. The van der Waals surface area contributed by atoms with Crippen molar-refractivity contribution in [2.24, 2.45) is 0 Å². The third-order valence-electron chi connectivity index (χ3n) is 2.86. The molecule has 0 aliphatic heterocycles. The van der Waals surface area contributed by atoms with E-state index in [-0.39, 0.29) is 6.04 Å². The van der Waals surface area contributed by atoms with Crippen molar-refractivity contribution in [1.82, 2.24) is 0 Å². The van der Waals surface area contributed by atoms with E-state index in [9.17, 15) is 0 Å². The van der Waals surface area contributed by atoms with Crippen LogP contribution in [0.2, 0.25) is 0 Å². The molecule has 0 aliphatic rings. The second kappa shape index (κ2) is 5.24. The predicted molar refractivity (Wildman–Crippen MR) is 77.0 cm³/mol. The van der Waals surface area contributed by atoms with Crippen LogP contribution in [-0.4, -0.2) is 0 Å². The molecule has 1 heterocycles. The van der Waals surface area contributed by atoms with Gasteiger partial charge in [-0.1, -0.05) is 6.07 Å². The molecule has 1 aromatic heterocycles. The zero-order valence-electron chi connectivity index (χ0n) is 10.8. The van der Waals surface area contributed by atoms with E-state index in [1.807, 2.05) is 25.1 Å². The van der Waals surface area contributed by atoms with Gasteiger partial charge in [0.1, 0.15) is 6.07 Å². The Hall–Kier alpha value is -1.79. The summed E-state index contributed by atoms with van der Waals surface area (Å²) in [5.74, 6) is 0. The van der Waals surface area contributed by atoms with Crippen molar-refractivity contribution >= 4 is 17.0 Å². The average Bonchev–Trinajstić information content (AvgIpc) is 2.76. The van der Waals surface area contributed by atoms with Crippen molar-refractivity contribution in [2.75, 3.05) is 5.32 Å².